The van der Waals surface area contributed by atoms with Crippen LogP contribution in [0.15, 0.2) is 11.1 Å². The number of hydrogen-bond acceptors (Lipinski definition) is 8. The fourth-order valence-electron chi connectivity index (χ4n) is 2.33. The molecular weight excluding hydrogens is 364 g/mol. The van der Waals surface area contributed by atoms with Gasteiger partial charge in [0, 0.05) is 0 Å². The SMILES string of the molecule is CCN[C@H](C(=O)OCCOCn1cnc2c(=O)[nH]c(N)nc21)C(C)C.Cl. The van der Waals surface area contributed by atoms with Gasteiger partial charge in [-0.3, -0.25) is 19.1 Å². The van der Waals surface area contributed by atoms with Gasteiger partial charge in [0.25, 0.3) is 5.56 Å². The second kappa shape index (κ2) is 10.1. The molecule has 10 nitrogen and oxygen atoms in total. The summed E-state index contributed by atoms with van der Waals surface area (Å²) >= 11 is 0. The van der Waals surface area contributed by atoms with E-state index in [1.54, 1.807) is 4.57 Å². The molecule has 2 heterocycles. The van der Waals surface area contributed by atoms with Gasteiger partial charge in [-0.2, -0.15) is 4.98 Å². The molecule has 2 rings (SSSR count). The Morgan fingerprint density at radius 3 is 2.81 bits per heavy atom. The van der Waals surface area contributed by atoms with E-state index in [2.05, 4.69) is 20.3 Å². The third-order valence-electron chi connectivity index (χ3n) is 3.54. The van der Waals surface area contributed by atoms with Crippen molar-refractivity contribution < 1.29 is 14.3 Å². The maximum atomic E-state index is 12.0. The highest BCUT2D eigenvalue weighted by Crippen LogP contribution is 2.07. The number of nitrogens with two attached hydrogens (primary N) is 1. The summed E-state index contributed by atoms with van der Waals surface area (Å²) < 4.78 is 12.2. The summed E-state index contributed by atoms with van der Waals surface area (Å²) in [6, 6.07) is -0.332. The van der Waals surface area contributed by atoms with Gasteiger partial charge < -0.3 is 20.5 Å². The van der Waals surface area contributed by atoms with Gasteiger partial charge in [0.05, 0.1) is 12.9 Å². The minimum atomic E-state index is -0.404. The van der Waals surface area contributed by atoms with Gasteiger partial charge >= 0.3 is 5.97 Å². The molecule has 0 aliphatic carbocycles. The first-order valence-corrected chi connectivity index (χ1v) is 8.12. The highest BCUT2D eigenvalue weighted by atomic mass is 35.5. The highest BCUT2D eigenvalue weighted by Gasteiger charge is 2.22. The number of nitrogens with zero attached hydrogens (tertiary/aromatic N) is 3. The number of fused-ring (bicyclic) bond motifs is 1. The number of nitrogens with one attached hydrogen (secondary N) is 2. The van der Waals surface area contributed by atoms with Gasteiger partial charge in [-0.05, 0) is 12.5 Å². The Labute approximate surface area is 156 Å². The van der Waals surface area contributed by atoms with Crippen molar-refractivity contribution in [1.82, 2.24) is 24.8 Å². The molecule has 2 aromatic heterocycles. The Morgan fingerprint density at radius 1 is 1.42 bits per heavy atom. The zero-order valence-corrected chi connectivity index (χ0v) is 15.8. The lowest BCUT2D eigenvalue weighted by molar-refractivity contribution is -0.149. The third kappa shape index (κ3) is 5.41. The van der Waals surface area contributed by atoms with Crippen LogP contribution in [0.4, 0.5) is 5.95 Å². The first-order chi connectivity index (χ1) is 11.9. The van der Waals surface area contributed by atoms with Crippen LogP contribution in [-0.4, -0.2) is 51.3 Å². The van der Waals surface area contributed by atoms with E-state index in [-0.39, 0.29) is 61.7 Å². The van der Waals surface area contributed by atoms with Crippen LogP contribution in [0.25, 0.3) is 11.2 Å². The number of imidazole rings is 1. The second-order valence-electron chi connectivity index (χ2n) is 5.82. The van der Waals surface area contributed by atoms with Crippen molar-refractivity contribution in [3.05, 3.63) is 16.7 Å². The Morgan fingerprint density at radius 2 is 2.15 bits per heavy atom. The molecule has 0 spiro atoms. The molecule has 146 valence electrons. The van der Waals surface area contributed by atoms with Gasteiger partial charge in [0.1, 0.15) is 19.4 Å². The molecule has 0 fully saturated rings. The number of likely N-dealkylation sites (N-methyl/N-ethyl adjacent to an activating group) is 1. The minimum Gasteiger partial charge on any atom is -0.462 e. The average molecular weight is 389 g/mol. The minimum absolute atomic E-state index is 0. The average Bonchev–Trinajstić information content (AvgIpc) is 2.95. The van der Waals surface area contributed by atoms with Crippen LogP contribution in [0, 0.1) is 5.92 Å². The number of H-pyrrole nitrogens is 1. The molecule has 1 atom stereocenters. The smallest absolute Gasteiger partial charge is 0.323 e. The number of hydrogen-bond donors (Lipinski definition) is 3. The molecule has 26 heavy (non-hydrogen) atoms. The molecular formula is C15H25ClN6O4. The molecule has 0 saturated carbocycles. The lowest BCUT2D eigenvalue weighted by atomic mass is 10.1. The van der Waals surface area contributed by atoms with Gasteiger partial charge in [-0.25, -0.2) is 4.98 Å². The molecule has 0 aromatic carbocycles. The molecule has 0 aliphatic heterocycles. The number of nitrogen functional groups attached to an aromatic ring is 1. The van der Waals surface area contributed by atoms with Crippen molar-refractivity contribution in [3.8, 4) is 0 Å². The fraction of sp³-hybridized carbons (Fsp3) is 0.600. The zero-order valence-electron chi connectivity index (χ0n) is 15.0. The molecule has 0 amide bonds. The van der Waals surface area contributed by atoms with Crippen LogP contribution in [0.5, 0.6) is 0 Å². The lowest BCUT2D eigenvalue weighted by Gasteiger charge is -2.19. The summed E-state index contributed by atoms with van der Waals surface area (Å²) in [6.07, 6.45) is 1.44. The predicted octanol–water partition coefficient (Wildman–Crippen LogP) is 0.275. The second-order valence-corrected chi connectivity index (χ2v) is 5.82. The molecule has 0 radical (unpaired) electrons. The number of halogens is 1. The van der Waals surface area contributed by atoms with E-state index >= 15 is 0 Å². The van der Waals surface area contributed by atoms with Gasteiger partial charge in [-0.15, -0.1) is 12.4 Å². The standard InChI is InChI=1S/C15H24N6O4.ClH/c1-4-17-10(9(2)3)14(23)25-6-5-24-8-21-7-18-11-12(21)19-15(16)20-13(11)22;/h7,9-10,17H,4-6,8H2,1-3H3,(H3,16,19,20,22);1H/t10-;/m0./s1. The Hall–Kier alpha value is -2.17. The molecule has 2 aromatic rings. The first kappa shape index (κ1) is 21.9. The zero-order chi connectivity index (χ0) is 18.4. The van der Waals surface area contributed by atoms with Crippen LogP contribution < -0.4 is 16.6 Å². The van der Waals surface area contributed by atoms with Gasteiger partial charge in [0.15, 0.2) is 11.2 Å². The maximum Gasteiger partial charge on any atom is 0.323 e. The number of ether oxygens (including phenoxy) is 2. The van der Waals surface area contributed by atoms with Gasteiger partial charge in [-0.1, -0.05) is 20.8 Å². The molecule has 4 N–H and O–H groups in total. The van der Waals surface area contributed by atoms with E-state index < -0.39 is 5.56 Å². The third-order valence-corrected chi connectivity index (χ3v) is 3.54. The molecule has 0 bridgehead atoms. The van der Waals surface area contributed by atoms with E-state index in [0.29, 0.717) is 12.2 Å². The normalized spacial score (nSPS) is 12.2. The van der Waals surface area contributed by atoms with E-state index in [1.807, 2.05) is 20.8 Å². The summed E-state index contributed by atoms with van der Waals surface area (Å²) in [4.78, 5) is 34.1. The van der Waals surface area contributed by atoms with Crippen LogP contribution >= 0.6 is 12.4 Å². The van der Waals surface area contributed by atoms with Crippen molar-refractivity contribution >= 4 is 35.5 Å². The number of carbonyl (C=O) groups excluding carboxylic acids is 1. The van der Waals surface area contributed by atoms with E-state index in [1.165, 1.54) is 6.33 Å². The quantitative estimate of drug-likeness (QED) is 0.411. The summed E-state index contributed by atoms with van der Waals surface area (Å²) in [6.45, 7) is 7.00. The van der Waals surface area contributed by atoms with Crippen LogP contribution in [0.1, 0.15) is 20.8 Å². The maximum absolute atomic E-state index is 12.0. The number of carbonyl (C=O) groups is 1. The predicted molar refractivity (Wildman–Crippen MR) is 99.0 cm³/mol. The number of anilines is 1. The van der Waals surface area contributed by atoms with Crippen molar-refractivity contribution in [1.29, 1.82) is 0 Å². The van der Waals surface area contributed by atoms with Crippen LogP contribution in [-0.2, 0) is 21.0 Å². The molecule has 0 unspecified atom stereocenters. The van der Waals surface area contributed by atoms with Crippen LogP contribution in [0.2, 0.25) is 0 Å². The Balaban J connectivity index is 0.00000338. The largest absolute Gasteiger partial charge is 0.462 e. The first-order valence-electron chi connectivity index (χ1n) is 8.12. The lowest BCUT2D eigenvalue weighted by Crippen LogP contribution is -2.42. The van der Waals surface area contributed by atoms with Crippen molar-refractivity contribution in [2.45, 2.75) is 33.5 Å². The Bertz CT molecular complexity index is 775. The fourth-order valence-corrected chi connectivity index (χ4v) is 2.33. The van der Waals surface area contributed by atoms with Gasteiger partial charge in [0.2, 0.25) is 5.95 Å². The summed E-state index contributed by atoms with van der Waals surface area (Å²) in [5, 5.41) is 3.10. The molecule has 0 saturated heterocycles. The topological polar surface area (TPSA) is 137 Å². The summed E-state index contributed by atoms with van der Waals surface area (Å²) in [5.41, 5.74) is 5.65. The number of aromatic nitrogens is 4. The highest BCUT2D eigenvalue weighted by molar-refractivity contribution is 5.85. The van der Waals surface area contributed by atoms with E-state index in [0.717, 1.165) is 0 Å². The Kier molecular flexibility index (Phi) is 8.49. The van der Waals surface area contributed by atoms with Crippen molar-refractivity contribution in [3.63, 3.8) is 0 Å². The monoisotopic (exact) mass is 388 g/mol. The van der Waals surface area contributed by atoms with Crippen molar-refractivity contribution in [2.75, 3.05) is 25.5 Å². The van der Waals surface area contributed by atoms with Crippen LogP contribution in [0.3, 0.4) is 0 Å². The summed E-state index contributed by atoms with van der Waals surface area (Å²) in [5.74, 6) is -0.147. The number of esters is 1. The molecule has 0 aliphatic rings. The van der Waals surface area contributed by atoms with Crippen molar-refractivity contribution in [2.24, 2.45) is 5.92 Å². The van der Waals surface area contributed by atoms with E-state index in [9.17, 15) is 9.59 Å². The molecule has 11 heteroatoms. The number of aromatic amines is 1. The summed E-state index contributed by atoms with van der Waals surface area (Å²) in [7, 11) is 0. The van der Waals surface area contributed by atoms with E-state index in [4.69, 9.17) is 15.2 Å². The number of rotatable bonds is 9.